The lowest BCUT2D eigenvalue weighted by atomic mass is 9.74. The van der Waals surface area contributed by atoms with Crippen molar-refractivity contribution in [1.82, 2.24) is 10.6 Å². The van der Waals surface area contributed by atoms with Gasteiger partial charge >= 0.3 is 12.1 Å². The number of benzene rings is 2. The molecule has 0 bridgehead atoms. The van der Waals surface area contributed by atoms with Gasteiger partial charge < -0.3 is 20.5 Å². The number of alkyl carbamates (subject to hydrolysis) is 1. The van der Waals surface area contributed by atoms with Crippen LogP contribution in [0.1, 0.15) is 62.0 Å². The van der Waals surface area contributed by atoms with Crippen molar-refractivity contribution in [2.75, 3.05) is 6.61 Å². The van der Waals surface area contributed by atoms with Crippen LogP contribution in [0.25, 0.3) is 11.1 Å². The third-order valence-electron chi connectivity index (χ3n) is 8.72. The molecule has 4 aliphatic rings. The molecule has 6 rings (SSSR count). The van der Waals surface area contributed by atoms with Crippen LogP contribution in [0.5, 0.6) is 0 Å². The van der Waals surface area contributed by atoms with E-state index in [0.29, 0.717) is 6.42 Å². The molecule has 3 fully saturated rings. The quantitative estimate of drug-likeness (QED) is 0.558. The number of hydrogen-bond donors (Lipinski definition) is 3. The lowest BCUT2D eigenvalue weighted by molar-refractivity contribution is -0.144. The van der Waals surface area contributed by atoms with E-state index in [9.17, 15) is 19.5 Å². The molecule has 0 saturated heterocycles. The molecule has 35 heavy (non-hydrogen) atoms. The van der Waals surface area contributed by atoms with Crippen molar-refractivity contribution in [2.45, 2.75) is 62.4 Å². The van der Waals surface area contributed by atoms with Gasteiger partial charge in [0.1, 0.15) is 6.61 Å². The summed E-state index contributed by atoms with van der Waals surface area (Å²) in [6, 6.07) is 16.3. The minimum absolute atomic E-state index is 0.0100. The van der Waals surface area contributed by atoms with Crippen LogP contribution in [0, 0.1) is 11.3 Å². The van der Waals surface area contributed by atoms with Gasteiger partial charge in [0.25, 0.3) is 0 Å². The number of carbonyl (C=O) groups is 3. The van der Waals surface area contributed by atoms with Crippen molar-refractivity contribution in [3.63, 3.8) is 0 Å². The summed E-state index contributed by atoms with van der Waals surface area (Å²) in [6.45, 7) is 0.239. The highest BCUT2D eigenvalue weighted by molar-refractivity contribution is 5.82. The molecule has 4 aliphatic carbocycles. The van der Waals surface area contributed by atoms with Crippen molar-refractivity contribution < 1.29 is 24.2 Å². The first kappa shape index (κ1) is 22.1. The molecule has 2 aromatic carbocycles. The number of carboxylic acids is 1. The normalized spacial score (nSPS) is 27.1. The van der Waals surface area contributed by atoms with Gasteiger partial charge in [-0.2, -0.15) is 0 Å². The average molecular weight is 475 g/mol. The number of carboxylic acid groups (broad SMARTS) is 1. The molecule has 0 aromatic heterocycles. The Balaban J connectivity index is 1.05. The van der Waals surface area contributed by atoms with E-state index in [1.165, 1.54) is 11.1 Å². The summed E-state index contributed by atoms with van der Waals surface area (Å²) in [6.07, 6.45) is 4.07. The molecule has 3 unspecified atom stereocenters. The number of rotatable bonds is 7. The topological polar surface area (TPSA) is 105 Å². The summed E-state index contributed by atoms with van der Waals surface area (Å²) >= 11 is 0. The van der Waals surface area contributed by atoms with Gasteiger partial charge in [-0.05, 0) is 66.7 Å². The molecule has 7 heteroatoms. The van der Waals surface area contributed by atoms with Crippen LogP contribution in [0.4, 0.5) is 4.79 Å². The van der Waals surface area contributed by atoms with Crippen molar-refractivity contribution in [3.8, 4) is 11.1 Å². The highest BCUT2D eigenvalue weighted by Crippen LogP contribution is 2.63. The van der Waals surface area contributed by atoms with Crippen LogP contribution < -0.4 is 10.6 Å². The Morgan fingerprint density at radius 1 is 0.971 bits per heavy atom. The van der Waals surface area contributed by atoms with Crippen LogP contribution >= 0.6 is 0 Å². The zero-order valence-corrected chi connectivity index (χ0v) is 19.6. The third-order valence-corrected chi connectivity index (χ3v) is 8.72. The Kier molecular flexibility index (Phi) is 5.13. The van der Waals surface area contributed by atoms with E-state index in [0.717, 1.165) is 43.2 Å². The molecule has 0 aliphatic heterocycles. The van der Waals surface area contributed by atoms with Crippen molar-refractivity contribution in [3.05, 3.63) is 59.7 Å². The molecule has 2 amide bonds. The zero-order valence-electron chi connectivity index (χ0n) is 19.6. The summed E-state index contributed by atoms with van der Waals surface area (Å²) < 4.78 is 5.70. The number of aliphatic carboxylic acids is 1. The maximum atomic E-state index is 12.8. The minimum Gasteiger partial charge on any atom is -0.481 e. The molecule has 2 aromatic rings. The van der Waals surface area contributed by atoms with Gasteiger partial charge in [-0.3, -0.25) is 9.59 Å². The van der Waals surface area contributed by atoms with Crippen molar-refractivity contribution in [2.24, 2.45) is 11.3 Å². The number of fused-ring (bicyclic) bond motifs is 4. The molecule has 0 radical (unpaired) electrons. The Labute approximate surface area is 204 Å². The predicted molar refractivity (Wildman–Crippen MR) is 129 cm³/mol. The van der Waals surface area contributed by atoms with E-state index < -0.39 is 23.0 Å². The first-order chi connectivity index (χ1) is 16.9. The van der Waals surface area contributed by atoms with E-state index in [1.807, 2.05) is 24.3 Å². The Morgan fingerprint density at radius 2 is 1.63 bits per heavy atom. The van der Waals surface area contributed by atoms with Crippen molar-refractivity contribution >= 4 is 18.0 Å². The van der Waals surface area contributed by atoms with E-state index in [4.69, 9.17) is 4.74 Å². The van der Waals surface area contributed by atoms with Crippen LogP contribution in [0.3, 0.4) is 0 Å². The highest BCUT2D eigenvalue weighted by Gasteiger charge is 2.65. The Hall–Kier alpha value is -3.35. The zero-order chi connectivity index (χ0) is 24.2. The minimum atomic E-state index is -0.744. The second kappa shape index (κ2) is 8.11. The SMILES string of the molecule is O=C(CC1(NC(=O)OCC2c3ccccc3-c3ccccc32)CCC1)NC1CC2CC2(C(=O)O)C1. The average Bonchev–Trinajstić information content (AvgIpc) is 3.25. The predicted octanol–water partition coefficient (Wildman–Crippen LogP) is 4.21. The maximum Gasteiger partial charge on any atom is 0.407 e. The number of nitrogens with one attached hydrogen (secondary N) is 2. The van der Waals surface area contributed by atoms with E-state index in [2.05, 4.69) is 34.9 Å². The van der Waals surface area contributed by atoms with Gasteiger partial charge in [-0.25, -0.2) is 4.79 Å². The number of hydrogen-bond acceptors (Lipinski definition) is 4. The molecular weight excluding hydrogens is 444 g/mol. The second-order valence-electron chi connectivity index (χ2n) is 10.8. The van der Waals surface area contributed by atoms with Gasteiger partial charge in [0, 0.05) is 18.4 Å². The van der Waals surface area contributed by atoms with Gasteiger partial charge in [-0.15, -0.1) is 0 Å². The van der Waals surface area contributed by atoms with E-state index in [-0.39, 0.29) is 36.8 Å². The molecule has 3 saturated carbocycles. The third kappa shape index (κ3) is 3.77. The standard InChI is InChI=1S/C28H30N2O5/c31-24(29-18-12-17-13-28(17,14-18)25(32)33)15-27(10-5-11-27)30-26(34)35-16-23-21-8-3-1-6-19(21)20-7-2-4-9-22(20)23/h1-4,6-9,17-18,23H,5,10-16H2,(H,29,31)(H,30,34)(H,32,33). The molecule has 0 spiro atoms. The Morgan fingerprint density at radius 3 is 2.20 bits per heavy atom. The molecule has 0 heterocycles. The fourth-order valence-corrected chi connectivity index (χ4v) is 6.65. The van der Waals surface area contributed by atoms with Gasteiger partial charge in [0.15, 0.2) is 0 Å². The Bertz CT molecular complexity index is 1160. The maximum absolute atomic E-state index is 12.8. The fraction of sp³-hybridized carbons (Fsp3) is 0.464. The smallest absolute Gasteiger partial charge is 0.407 e. The number of carbonyl (C=O) groups excluding carboxylic acids is 2. The first-order valence-corrected chi connectivity index (χ1v) is 12.6. The van der Waals surface area contributed by atoms with Crippen LogP contribution in [0.15, 0.2) is 48.5 Å². The molecule has 3 atom stereocenters. The van der Waals surface area contributed by atoms with Crippen LogP contribution in [-0.4, -0.2) is 41.3 Å². The molecule has 3 N–H and O–H groups in total. The monoisotopic (exact) mass is 474 g/mol. The van der Waals surface area contributed by atoms with Crippen LogP contribution in [0.2, 0.25) is 0 Å². The van der Waals surface area contributed by atoms with E-state index in [1.54, 1.807) is 0 Å². The fourth-order valence-electron chi connectivity index (χ4n) is 6.65. The van der Waals surface area contributed by atoms with Crippen molar-refractivity contribution in [1.29, 1.82) is 0 Å². The summed E-state index contributed by atoms with van der Waals surface area (Å²) in [5.41, 5.74) is 3.47. The number of ether oxygens (including phenoxy) is 1. The van der Waals surface area contributed by atoms with Gasteiger partial charge in [0.05, 0.1) is 11.0 Å². The lowest BCUT2D eigenvalue weighted by Gasteiger charge is -2.41. The molecule has 7 nitrogen and oxygen atoms in total. The largest absolute Gasteiger partial charge is 0.481 e. The van der Waals surface area contributed by atoms with E-state index >= 15 is 0 Å². The first-order valence-electron chi connectivity index (χ1n) is 12.6. The highest BCUT2D eigenvalue weighted by atomic mass is 16.5. The summed E-state index contributed by atoms with van der Waals surface area (Å²) in [5, 5.41) is 15.5. The molecular formula is C28H30N2O5. The lowest BCUT2D eigenvalue weighted by Crippen LogP contribution is -2.56. The van der Waals surface area contributed by atoms with Crippen LogP contribution in [-0.2, 0) is 14.3 Å². The second-order valence-corrected chi connectivity index (χ2v) is 10.8. The number of amides is 2. The van der Waals surface area contributed by atoms with Gasteiger partial charge in [-0.1, -0.05) is 48.5 Å². The summed E-state index contributed by atoms with van der Waals surface area (Å²) in [4.78, 5) is 37.1. The summed E-state index contributed by atoms with van der Waals surface area (Å²) in [5.74, 6) is -0.701. The summed E-state index contributed by atoms with van der Waals surface area (Å²) in [7, 11) is 0. The molecule has 182 valence electrons. The van der Waals surface area contributed by atoms with Gasteiger partial charge in [0.2, 0.25) is 5.91 Å².